The second-order valence-electron chi connectivity index (χ2n) is 8.16. The molecule has 16 heteroatoms. The quantitative estimate of drug-likeness (QED) is 0.126. The third kappa shape index (κ3) is 6.89. The zero-order chi connectivity index (χ0) is 28.3. The number of amides is 2. The van der Waals surface area contributed by atoms with E-state index in [0.717, 1.165) is 12.1 Å². The fourth-order valence-corrected chi connectivity index (χ4v) is 3.63. The number of hydrogen-bond donors (Lipinski definition) is 5. The average Bonchev–Trinajstić information content (AvgIpc) is 3.30. The van der Waals surface area contributed by atoms with Crippen molar-refractivity contribution in [2.75, 3.05) is 21.3 Å². The Morgan fingerprint density at radius 3 is 2.31 bits per heavy atom. The first kappa shape index (κ1) is 27.1. The molecule has 0 aliphatic rings. The highest BCUT2D eigenvalue weighted by Gasteiger charge is 2.33. The molecule has 2 heterocycles. The SMILES string of the molecule is Cc1cc(Nc2cc([N+](=O)[O-])[nH]n2)nc(Nc2ccc(NC(=O)Nc3ccc(Cl)c(C(F)(F)F)c3)cc2C)n1. The fraction of sp³-hybridized carbons (Fsp3) is 0.130. The van der Waals surface area contributed by atoms with Crippen molar-refractivity contribution >= 4 is 58.1 Å². The number of hydrogen-bond acceptors (Lipinski definition) is 8. The summed E-state index contributed by atoms with van der Waals surface area (Å²) in [6.45, 7) is 3.50. The molecule has 0 aliphatic heterocycles. The number of halogens is 4. The molecular weight excluding hydrogens is 543 g/mol. The molecule has 0 saturated heterocycles. The summed E-state index contributed by atoms with van der Waals surface area (Å²) in [5, 5.41) is 27.3. The zero-order valence-electron chi connectivity index (χ0n) is 20.1. The molecule has 0 saturated carbocycles. The molecule has 0 atom stereocenters. The van der Waals surface area contributed by atoms with Crippen LogP contribution in [0, 0.1) is 24.0 Å². The van der Waals surface area contributed by atoms with Crippen molar-refractivity contribution in [1.82, 2.24) is 20.2 Å². The minimum Gasteiger partial charge on any atom is -0.358 e. The molecule has 0 radical (unpaired) electrons. The number of nitrogens with zero attached hydrogens (tertiary/aromatic N) is 4. The number of aryl methyl sites for hydroxylation is 2. The third-order valence-electron chi connectivity index (χ3n) is 5.13. The van der Waals surface area contributed by atoms with E-state index in [1.54, 1.807) is 38.1 Å². The second-order valence-corrected chi connectivity index (χ2v) is 8.57. The average molecular weight is 562 g/mol. The van der Waals surface area contributed by atoms with Crippen molar-refractivity contribution in [1.29, 1.82) is 0 Å². The summed E-state index contributed by atoms with van der Waals surface area (Å²) in [4.78, 5) is 31.2. The summed E-state index contributed by atoms with van der Waals surface area (Å²) in [6.07, 6.45) is -4.66. The Bertz CT molecular complexity index is 1560. The molecule has 0 aliphatic carbocycles. The maximum absolute atomic E-state index is 13.1. The van der Waals surface area contributed by atoms with E-state index in [1.165, 1.54) is 12.1 Å². The smallest absolute Gasteiger partial charge is 0.358 e. The number of anilines is 6. The predicted molar refractivity (Wildman–Crippen MR) is 139 cm³/mol. The van der Waals surface area contributed by atoms with Gasteiger partial charge in [-0.3, -0.25) is 0 Å². The van der Waals surface area contributed by atoms with E-state index in [0.29, 0.717) is 28.5 Å². The number of carbonyl (C=O) groups is 1. The van der Waals surface area contributed by atoms with E-state index in [2.05, 4.69) is 41.4 Å². The van der Waals surface area contributed by atoms with E-state index in [-0.39, 0.29) is 23.3 Å². The lowest BCUT2D eigenvalue weighted by atomic mass is 10.1. The van der Waals surface area contributed by atoms with Gasteiger partial charge in [-0.2, -0.15) is 18.2 Å². The number of aromatic amines is 1. The predicted octanol–water partition coefficient (Wildman–Crippen LogP) is 6.53. The van der Waals surface area contributed by atoms with Crippen molar-refractivity contribution in [2.24, 2.45) is 0 Å². The molecule has 5 N–H and O–H groups in total. The van der Waals surface area contributed by atoms with E-state index in [4.69, 9.17) is 11.6 Å². The van der Waals surface area contributed by atoms with Crippen molar-refractivity contribution in [3.8, 4) is 0 Å². The molecule has 2 aromatic carbocycles. The first-order valence-corrected chi connectivity index (χ1v) is 11.4. The van der Waals surface area contributed by atoms with Gasteiger partial charge in [-0.25, -0.2) is 9.78 Å². The van der Waals surface area contributed by atoms with Crippen molar-refractivity contribution < 1.29 is 22.9 Å². The number of H-pyrrole nitrogens is 1. The number of nitro groups is 1. The Balaban J connectivity index is 1.43. The first-order valence-electron chi connectivity index (χ1n) is 11.0. The van der Waals surface area contributed by atoms with Gasteiger partial charge in [0.25, 0.3) is 0 Å². The van der Waals surface area contributed by atoms with E-state index in [1.807, 2.05) is 0 Å². The van der Waals surface area contributed by atoms with Gasteiger partial charge in [-0.05, 0) is 60.7 Å². The number of rotatable bonds is 7. The molecule has 2 amide bonds. The Morgan fingerprint density at radius 1 is 0.974 bits per heavy atom. The highest BCUT2D eigenvalue weighted by Crippen LogP contribution is 2.36. The van der Waals surface area contributed by atoms with Crippen LogP contribution in [0.4, 0.5) is 58.4 Å². The highest BCUT2D eigenvalue weighted by atomic mass is 35.5. The molecule has 4 rings (SSSR count). The lowest BCUT2D eigenvalue weighted by Crippen LogP contribution is -2.20. The minimum atomic E-state index is -4.66. The van der Waals surface area contributed by atoms with Gasteiger partial charge in [0.1, 0.15) is 5.82 Å². The molecule has 2 aromatic heterocycles. The lowest BCUT2D eigenvalue weighted by Gasteiger charge is -2.14. The van der Waals surface area contributed by atoms with Crippen LogP contribution in [0.25, 0.3) is 0 Å². The highest BCUT2D eigenvalue weighted by molar-refractivity contribution is 6.31. The number of benzene rings is 2. The van der Waals surface area contributed by atoms with Crippen molar-refractivity contribution in [3.05, 3.63) is 80.5 Å². The Kier molecular flexibility index (Phi) is 7.53. The molecule has 39 heavy (non-hydrogen) atoms. The van der Waals surface area contributed by atoms with Gasteiger partial charge in [-0.15, -0.1) is 5.10 Å². The molecule has 12 nitrogen and oxygen atoms in total. The third-order valence-corrected chi connectivity index (χ3v) is 5.46. The molecular formula is C23H19ClF3N9O3. The van der Waals surface area contributed by atoms with Gasteiger partial charge in [0.15, 0.2) is 5.82 Å². The normalized spacial score (nSPS) is 11.1. The summed E-state index contributed by atoms with van der Waals surface area (Å²) in [5.41, 5.74) is 1.15. The summed E-state index contributed by atoms with van der Waals surface area (Å²) in [5.74, 6) is 0.491. The van der Waals surface area contributed by atoms with Gasteiger partial charge in [0.05, 0.1) is 16.7 Å². The standard InChI is InChI=1S/C23H19ClF3N9O3/c1-11-7-13(29-22(37)30-14-3-5-16(24)15(9-14)23(25,26)27)4-6-17(11)31-21-28-12(2)8-18(33-21)32-19-10-20(35-34-19)36(38)39/h3-10H,1-2H3,(H2,29,30,37)(H3,28,31,32,33,34,35). The van der Waals surface area contributed by atoms with Gasteiger partial charge < -0.3 is 31.4 Å². The van der Waals surface area contributed by atoms with Gasteiger partial charge in [0.2, 0.25) is 5.95 Å². The number of aromatic nitrogens is 4. The van der Waals surface area contributed by atoms with Crippen LogP contribution in [0.15, 0.2) is 48.5 Å². The number of carbonyl (C=O) groups excluding carboxylic acids is 1. The first-order chi connectivity index (χ1) is 18.4. The van der Waals surface area contributed by atoms with E-state index in [9.17, 15) is 28.1 Å². The topological polar surface area (TPSA) is 163 Å². The Labute approximate surface area is 223 Å². The molecule has 0 spiro atoms. The monoisotopic (exact) mass is 561 g/mol. The van der Waals surface area contributed by atoms with E-state index < -0.39 is 27.7 Å². The molecule has 4 aromatic rings. The minimum absolute atomic E-state index is 0.0790. The van der Waals surface area contributed by atoms with Crippen LogP contribution in [-0.4, -0.2) is 31.1 Å². The number of alkyl halides is 3. The van der Waals surface area contributed by atoms with Crippen LogP contribution in [-0.2, 0) is 6.18 Å². The van der Waals surface area contributed by atoms with Crippen molar-refractivity contribution in [3.63, 3.8) is 0 Å². The summed E-state index contributed by atoms with van der Waals surface area (Å²) < 4.78 is 39.2. The number of nitrogens with one attached hydrogen (secondary N) is 5. The summed E-state index contributed by atoms with van der Waals surface area (Å²) in [7, 11) is 0. The Hall–Kier alpha value is -4.92. The molecule has 0 fully saturated rings. The van der Waals surface area contributed by atoms with Crippen molar-refractivity contribution in [2.45, 2.75) is 20.0 Å². The Morgan fingerprint density at radius 2 is 1.67 bits per heavy atom. The maximum Gasteiger partial charge on any atom is 0.417 e. The lowest BCUT2D eigenvalue weighted by molar-refractivity contribution is -0.389. The number of urea groups is 1. The van der Waals surface area contributed by atoms with Gasteiger partial charge >= 0.3 is 18.0 Å². The maximum atomic E-state index is 13.1. The van der Waals surface area contributed by atoms with Crippen LogP contribution in [0.3, 0.4) is 0 Å². The van der Waals surface area contributed by atoms with Crippen LogP contribution in [0.5, 0.6) is 0 Å². The summed E-state index contributed by atoms with van der Waals surface area (Å²) >= 11 is 5.61. The van der Waals surface area contributed by atoms with Gasteiger partial charge in [0, 0.05) is 28.8 Å². The fourth-order valence-electron chi connectivity index (χ4n) is 3.40. The largest absolute Gasteiger partial charge is 0.417 e. The molecule has 0 unspecified atom stereocenters. The zero-order valence-corrected chi connectivity index (χ0v) is 20.9. The van der Waals surface area contributed by atoms with Crippen LogP contribution >= 0.6 is 11.6 Å². The van der Waals surface area contributed by atoms with Crippen LogP contribution < -0.4 is 21.3 Å². The van der Waals surface area contributed by atoms with Crippen LogP contribution in [0.1, 0.15) is 16.8 Å². The van der Waals surface area contributed by atoms with Gasteiger partial charge in [-0.1, -0.05) is 16.7 Å². The molecule has 202 valence electrons. The second kappa shape index (κ2) is 10.8. The van der Waals surface area contributed by atoms with Crippen LogP contribution in [0.2, 0.25) is 5.02 Å². The molecule has 0 bridgehead atoms. The summed E-state index contributed by atoms with van der Waals surface area (Å²) in [6, 6.07) is 10.0. The van der Waals surface area contributed by atoms with E-state index >= 15 is 0 Å².